The van der Waals surface area contributed by atoms with Gasteiger partial charge in [-0.3, -0.25) is 9.98 Å². The fourth-order valence-electron chi connectivity index (χ4n) is 1.23. The van der Waals surface area contributed by atoms with E-state index in [1.165, 1.54) is 0 Å². The average Bonchev–Trinajstić information content (AvgIpc) is 2.55. The number of hydrogen-bond donors (Lipinski definition) is 2. The Morgan fingerprint density at radius 1 is 1.57 bits per heavy atom. The molecule has 0 fully saturated rings. The van der Waals surface area contributed by atoms with Crippen LogP contribution in [0.4, 0.5) is 0 Å². The summed E-state index contributed by atoms with van der Waals surface area (Å²) in [7, 11) is 1.60. The van der Waals surface area contributed by atoms with Crippen molar-refractivity contribution in [2.24, 2.45) is 10.7 Å². The number of hydrogen-bond acceptors (Lipinski definition) is 3. The fourth-order valence-corrected chi connectivity index (χ4v) is 1.23. The standard InChI is InChI=1S/C9H9N3O2/c1-11-8(10)5-2-3-6-7(4-5)14-9(13)12-6/h2-4H,1H3,(H2,10,11)(H,12,13). The molecule has 0 aliphatic rings. The first-order chi connectivity index (χ1) is 6.70. The third-order valence-electron chi connectivity index (χ3n) is 1.96. The molecule has 3 N–H and O–H groups in total. The molecular weight excluding hydrogens is 182 g/mol. The van der Waals surface area contributed by atoms with Gasteiger partial charge < -0.3 is 10.2 Å². The van der Waals surface area contributed by atoms with Crippen LogP contribution >= 0.6 is 0 Å². The highest BCUT2D eigenvalue weighted by Gasteiger charge is 2.03. The van der Waals surface area contributed by atoms with Crippen LogP contribution in [-0.4, -0.2) is 17.9 Å². The highest BCUT2D eigenvalue weighted by Crippen LogP contribution is 2.11. The van der Waals surface area contributed by atoms with Gasteiger partial charge in [-0.2, -0.15) is 0 Å². The number of H-pyrrole nitrogens is 1. The number of amidine groups is 1. The molecule has 0 atom stereocenters. The van der Waals surface area contributed by atoms with Crippen LogP contribution in [0.2, 0.25) is 0 Å². The number of oxazole rings is 1. The quantitative estimate of drug-likeness (QED) is 0.507. The van der Waals surface area contributed by atoms with Gasteiger partial charge in [0.05, 0.1) is 5.52 Å². The number of aromatic amines is 1. The molecule has 0 unspecified atom stereocenters. The summed E-state index contributed by atoms with van der Waals surface area (Å²) in [4.78, 5) is 17.2. The lowest BCUT2D eigenvalue weighted by Gasteiger charge is -1.97. The molecular formula is C9H9N3O2. The maximum Gasteiger partial charge on any atom is 0.417 e. The van der Waals surface area contributed by atoms with E-state index in [0.29, 0.717) is 16.9 Å². The number of nitrogens with one attached hydrogen (secondary N) is 1. The van der Waals surface area contributed by atoms with Crippen LogP contribution in [-0.2, 0) is 0 Å². The summed E-state index contributed by atoms with van der Waals surface area (Å²) in [5.74, 6) is -0.0556. The minimum atomic E-state index is -0.468. The first-order valence-electron chi connectivity index (χ1n) is 4.06. The first-order valence-corrected chi connectivity index (χ1v) is 4.06. The molecule has 0 spiro atoms. The predicted octanol–water partition coefficient (Wildman–Crippen LogP) is 0.456. The zero-order valence-electron chi connectivity index (χ0n) is 7.57. The zero-order valence-corrected chi connectivity index (χ0v) is 7.57. The van der Waals surface area contributed by atoms with Gasteiger partial charge in [0.1, 0.15) is 5.84 Å². The average molecular weight is 191 g/mol. The maximum absolute atomic E-state index is 10.9. The van der Waals surface area contributed by atoms with Crippen molar-refractivity contribution in [3.05, 3.63) is 34.3 Å². The second-order valence-electron chi connectivity index (χ2n) is 2.83. The van der Waals surface area contributed by atoms with Gasteiger partial charge in [0.15, 0.2) is 5.58 Å². The number of nitrogens with zero attached hydrogens (tertiary/aromatic N) is 1. The Morgan fingerprint density at radius 3 is 3.07 bits per heavy atom. The lowest BCUT2D eigenvalue weighted by Crippen LogP contribution is -2.12. The van der Waals surface area contributed by atoms with E-state index >= 15 is 0 Å². The summed E-state index contributed by atoms with van der Waals surface area (Å²) in [6, 6.07) is 5.18. The topological polar surface area (TPSA) is 84.4 Å². The molecule has 0 amide bonds. The smallest absolute Gasteiger partial charge is 0.408 e. The summed E-state index contributed by atoms with van der Waals surface area (Å²) in [6.07, 6.45) is 0. The molecule has 2 aromatic rings. The molecule has 5 nitrogen and oxygen atoms in total. The van der Waals surface area contributed by atoms with Gasteiger partial charge >= 0.3 is 5.76 Å². The van der Waals surface area contributed by atoms with Gasteiger partial charge in [0.25, 0.3) is 0 Å². The van der Waals surface area contributed by atoms with E-state index in [1.54, 1.807) is 25.2 Å². The van der Waals surface area contributed by atoms with E-state index in [-0.39, 0.29) is 0 Å². The van der Waals surface area contributed by atoms with Crippen LogP contribution in [0.5, 0.6) is 0 Å². The first kappa shape index (κ1) is 8.55. The van der Waals surface area contributed by atoms with Gasteiger partial charge in [-0.05, 0) is 18.2 Å². The highest BCUT2D eigenvalue weighted by atomic mass is 16.4. The van der Waals surface area contributed by atoms with Crippen molar-refractivity contribution in [1.82, 2.24) is 4.98 Å². The third-order valence-corrected chi connectivity index (χ3v) is 1.96. The van der Waals surface area contributed by atoms with Crippen molar-refractivity contribution in [2.75, 3.05) is 7.05 Å². The van der Waals surface area contributed by atoms with Gasteiger partial charge in [-0.25, -0.2) is 4.79 Å². The van der Waals surface area contributed by atoms with Crippen molar-refractivity contribution in [1.29, 1.82) is 0 Å². The van der Waals surface area contributed by atoms with E-state index in [9.17, 15) is 4.79 Å². The molecule has 0 saturated carbocycles. The molecule has 0 aliphatic heterocycles. The van der Waals surface area contributed by atoms with E-state index in [0.717, 1.165) is 5.56 Å². The third kappa shape index (κ3) is 1.28. The van der Waals surface area contributed by atoms with Crippen LogP contribution < -0.4 is 11.5 Å². The van der Waals surface area contributed by atoms with Gasteiger partial charge in [-0.1, -0.05) is 0 Å². The maximum atomic E-state index is 10.9. The van der Waals surface area contributed by atoms with Crippen LogP contribution in [0.1, 0.15) is 5.56 Å². The molecule has 1 heterocycles. The Kier molecular flexibility index (Phi) is 1.85. The van der Waals surface area contributed by atoms with Crippen molar-refractivity contribution >= 4 is 16.9 Å². The number of fused-ring (bicyclic) bond motifs is 1. The Bertz CT molecular complexity index is 550. The SMILES string of the molecule is CN=C(N)c1ccc2[nH]c(=O)oc2c1. The number of aromatic nitrogens is 1. The largest absolute Gasteiger partial charge is 0.417 e. The van der Waals surface area contributed by atoms with E-state index in [1.807, 2.05) is 0 Å². The van der Waals surface area contributed by atoms with Crippen molar-refractivity contribution in [2.45, 2.75) is 0 Å². The normalized spacial score (nSPS) is 12.2. The van der Waals surface area contributed by atoms with Crippen molar-refractivity contribution in [3.63, 3.8) is 0 Å². The highest BCUT2D eigenvalue weighted by molar-refractivity contribution is 5.99. The molecule has 0 radical (unpaired) electrons. The predicted molar refractivity (Wildman–Crippen MR) is 53.5 cm³/mol. The van der Waals surface area contributed by atoms with E-state index in [2.05, 4.69) is 9.98 Å². The fraction of sp³-hybridized carbons (Fsp3) is 0.111. The van der Waals surface area contributed by atoms with Gasteiger partial charge in [0, 0.05) is 12.6 Å². The van der Waals surface area contributed by atoms with Crippen LogP contribution in [0, 0.1) is 0 Å². The number of nitrogens with two attached hydrogens (primary N) is 1. The second-order valence-corrected chi connectivity index (χ2v) is 2.83. The van der Waals surface area contributed by atoms with Crippen LogP contribution in [0.25, 0.3) is 11.1 Å². The molecule has 14 heavy (non-hydrogen) atoms. The Morgan fingerprint density at radius 2 is 2.36 bits per heavy atom. The molecule has 1 aromatic carbocycles. The molecule has 2 rings (SSSR count). The number of benzene rings is 1. The molecule has 0 aliphatic carbocycles. The molecule has 1 aromatic heterocycles. The Balaban J connectivity index is 2.67. The molecule has 5 heteroatoms. The molecule has 72 valence electrons. The summed E-state index contributed by atoms with van der Waals surface area (Å²) >= 11 is 0. The summed E-state index contributed by atoms with van der Waals surface area (Å²) in [5.41, 5.74) is 7.49. The van der Waals surface area contributed by atoms with Crippen LogP contribution in [0.3, 0.4) is 0 Å². The minimum Gasteiger partial charge on any atom is -0.408 e. The summed E-state index contributed by atoms with van der Waals surface area (Å²) in [6.45, 7) is 0. The number of rotatable bonds is 1. The lowest BCUT2D eigenvalue weighted by molar-refractivity contribution is 0.555. The minimum absolute atomic E-state index is 0.413. The van der Waals surface area contributed by atoms with Gasteiger partial charge in [0.2, 0.25) is 0 Å². The molecule has 0 bridgehead atoms. The van der Waals surface area contributed by atoms with Gasteiger partial charge in [-0.15, -0.1) is 0 Å². The summed E-state index contributed by atoms with van der Waals surface area (Å²) < 4.78 is 4.88. The lowest BCUT2D eigenvalue weighted by atomic mass is 10.2. The Labute approximate surface area is 79.3 Å². The monoisotopic (exact) mass is 191 g/mol. The number of aliphatic imine (C=N–C) groups is 1. The van der Waals surface area contributed by atoms with E-state index < -0.39 is 5.76 Å². The Hall–Kier alpha value is -2.04. The van der Waals surface area contributed by atoms with Crippen molar-refractivity contribution < 1.29 is 4.42 Å². The summed E-state index contributed by atoms with van der Waals surface area (Å²) in [5, 5.41) is 0. The molecule has 0 saturated heterocycles. The zero-order chi connectivity index (χ0) is 10.1. The van der Waals surface area contributed by atoms with Crippen molar-refractivity contribution in [3.8, 4) is 0 Å². The van der Waals surface area contributed by atoms with Crippen LogP contribution in [0.15, 0.2) is 32.4 Å². The second kappa shape index (κ2) is 3.02. The van der Waals surface area contributed by atoms with E-state index in [4.69, 9.17) is 10.2 Å².